The van der Waals surface area contributed by atoms with Gasteiger partial charge in [-0.2, -0.15) is 0 Å². The molecule has 6 nitrogen and oxygen atoms in total. The van der Waals surface area contributed by atoms with Gasteiger partial charge in [0.15, 0.2) is 0 Å². The first-order valence-corrected chi connectivity index (χ1v) is 75.3. The summed E-state index contributed by atoms with van der Waals surface area (Å²) >= 11 is -2.54. The van der Waals surface area contributed by atoms with Gasteiger partial charge in [-0.3, -0.25) is 0 Å². The second-order valence-corrected chi connectivity index (χ2v) is 49.0. The van der Waals surface area contributed by atoms with Crippen molar-refractivity contribution in [1.82, 2.24) is 0 Å². The predicted octanol–water partition coefficient (Wildman–Crippen LogP) is 24.7. The van der Waals surface area contributed by atoms with Crippen molar-refractivity contribution < 1.29 is 131 Å². The molecule has 672 valence electrons. The third kappa shape index (κ3) is 88.2. The Balaban J connectivity index is -0.0000000625. The van der Waals surface area contributed by atoms with Crippen LogP contribution in [0.3, 0.4) is 0 Å². The van der Waals surface area contributed by atoms with Crippen molar-refractivity contribution >= 4 is 272 Å². The van der Waals surface area contributed by atoms with Crippen LogP contribution in [0, 0.1) is 0 Å². The molecule has 0 spiro atoms. The van der Waals surface area contributed by atoms with Crippen LogP contribution in [0.5, 0.6) is 0 Å². The fraction of sp³-hybridized carbons (Fsp3) is 0.538. The summed E-state index contributed by atoms with van der Waals surface area (Å²) in [7, 11) is 60.7. The molecule has 0 aliphatic rings. The van der Waals surface area contributed by atoms with Crippen molar-refractivity contribution in [3.63, 3.8) is 0 Å². The topological polar surface area (TPSA) is 0 Å². The summed E-state index contributed by atoms with van der Waals surface area (Å²) in [6.07, 6.45) is 0. The Hall–Kier alpha value is 6.48. The van der Waals surface area contributed by atoms with Crippen LogP contribution in [-0.2, 0) is 279 Å². The van der Waals surface area contributed by atoms with E-state index >= 15 is 0 Å². The molecule has 0 aliphatic heterocycles. The van der Waals surface area contributed by atoms with Crippen LogP contribution in [0.4, 0.5) is 0 Å². The molecule has 6 rings (SSSR count). The molecule has 0 heterocycles. The van der Waals surface area contributed by atoms with Gasteiger partial charge in [-0.05, 0) is 125 Å². The number of nitrogens with zero attached hydrogens (tertiary/aromatic N) is 6. The molecule has 0 amide bonds. The molecule has 0 saturated carbocycles. The van der Waals surface area contributed by atoms with E-state index in [-0.39, 0.29) is 239 Å². The van der Waals surface area contributed by atoms with Gasteiger partial charge in [0.25, 0.3) is 0 Å². The molecule has 6 aromatic rings. The summed E-state index contributed by atoms with van der Waals surface area (Å²) in [6.45, 7) is 70.2. The standard InChI is InChI=1S/6C13H22N.7Mo.10H2S.14S/c6*1-4-14(5-2,6-3)12-13-10-8-7-9-11-13;;;;;;;;;;;;;;;;;;;;;;;;;;;;;;;/h6*7-11H,4-6,12H2,1-3H3;;;;;;;;10*1H2;;;;;;;;;;;;;;/q6*+1;;;;;;;+2;;;;;;;;;;;;;;;;;;;;;;;;/p-10. The molecule has 37 heteroatoms. The van der Waals surface area contributed by atoms with Crippen LogP contribution in [0.15, 0.2) is 182 Å². The van der Waals surface area contributed by atoms with E-state index in [1.807, 2.05) is 0 Å². The van der Waals surface area contributed by atoms with Crippen molar-refractivity contribution in [3.05, 3.63) is 215 Å². The average molecular weight is 2610 g/mol. The Morgan fingerprint density at radius 1 is 0.174 bits per heavy atom. The normalized spacial score (nSPS) is 9.20. The maximum absolute atomic E-state index is 4.34. The van der Waals surface area contributed by atoms with E-state index in [0.29, 0.717) is 0 Å². The van der Waals surface area contributed by atoms with E-state index in [9.17, 15) is 0 Å². The average Bonchev–Trinajstić information content (AvgIpc) is 0.908. The molecule has 0 aliphatic carbocycles. The van der Waals surface area contributed by atoms with E-state index in [0.717, 1.165) is 0 Å². The second kappa shape index (κ2) is 117. The first kappa shape index (κ1) is 162. The second-order valence-electron chi connectivity index (χ2n) is 24.1. The number of thiol groups is 10. The van der Waals surface area contributed by atoms with E-state index in [4.69, 9.17) is 0 Å². The zero-order valence-corrected chi connectivity index (χ0v) is 105. The van der Waals surface area contributed by atoms with E-state index in [2.05, 4.69) is 444 Å². The Kier molecular flexibility index (Phi) is 164. The van der Waals surface area contributed by atoms with Crippen molar-refractivity contribution in [2.45, 2.75) is 164 Å². The van der Waals surface area contributed by atoms with Crippen LogP contribution in [0.2, 0.25) is 0 Å². The van der Waals surface area contributed by atoms with Gasteiger partial charge >= 0.3 is 242 Å². The molecule has 6 aromatic carbocycles. The molecular weight excluding hydrogens is 2460 g/mol. The first-order chi connectivity index (χ1) is 50.5. The van der Waals surface area contributed by atoms with Gasteiger partial charge in [0.2, 0.25) is 0 Å². The van der Waals surface area contributed by atoms with E-state index in [1.165, 1.54) is 217 Å². The maximum atomic E-state index is 4.34. The fourth-order valence-electron chi connectivity index (χ4n) is 11.9. The quantitative estimate of drug-likeness (QED) is 0.0182. The minimum absolute atomic E-state index is 0. The van der Waals surface area contributed by atoms with Gasteiger partial charge in [0.1, 0.15) is 39.3 Å². The molecule has 0 atom stereocenters. The molecule has 115 heavy (non-hydrogen) atoms. The van der Waals surface area contributed by atoms with Gasteiger partial charge < -0.3 is 162 Å². The Morgan fingerprint density at radius 3 is 0.287 bits per heavy atom. The monoisotopic (exact) mass is 2620 g/mol. The molecule has 0 radical (unpaired) electrons. The van der Waals surface area contributed by atoms with Gasteiger partial charge in [-0.25, -0.2) is 0 Å². The van der Waals surface area contributed by atoms with Crippen LogP contribution in [0.25, 0.3) is 0 Å². The van der Waals surface area contributed by atoms with Crippen molar-refractivity contribution in [1.29, 1.82) is 0 Å². The van der Waals surface area contributed by atoms with Gasteiger partial charge in [-0.1, -0.05) is 182 Å². The van der Waals surface area contributed by atoms with Gasteiger partial charge in [0.05, 0.1) is 118 Å². The van der Waals surface area contributed by atoms with Crippen molar-refractivity contribution in [2.75, 3.05) is 118 Å². The number of hydrogen-bond donors (Lipinski definition) is 0. The number of rotatable bonds is 30. The molecule has 0 aromatic heterocycles. The zero-order chi connectivity index (χ0) is 81.6. The SMILES string of the molecule is CC[N+](CC)(CC)Cc1ccccc1.CC[N+](CC)(CC)Cc1ccccc1.CC[N+](CC)(CC)Cc1ccccc1.CC[N+](CC)(CC)Cc1ccccc1.CC[N+](CC)(CC)Cc1ccccc1.CC[N+](CC)(CC)Cc1ccccc1.[SH-].[SH-].[SH-].[SH-].[SH-].[SH-].[SH-].[SH-].[SH-].[SH-].[S]=[Mo+2]=[S].[S]=[Mo]=[S].[S]=[Mo]=[S].[S]=[Mo]=[S].[S]=[Mo]=[S].[S]=[Mo]=[S].[S]=[Mo]=[S]. The first-order valence-electron chi connectivity index (χ1n) is 36.2. The molecule has 0 N–H and O–H groups in total. The summed E-state index contributed by atoms with van der Waals surface area (Å²) in [6, 6.07) is 64.8. The van der Waals surface area contributed by atoms with Crippen molar-refractivity contribution in [3.8, 4) is 0 Å². The van der Waals surface area contributed by atoms with E-state index < -0.39 is 0 Å². The van der Waals surface area contributed by atoms with E-state index in [1.54, 1.807) is 0 Å². The Bertz CT molecular complexity index is 2580. The zero-order valence-electron chi connectivity index (χ0n) is 71.0. The van der Waals surface area contributed by atoms with Gasteiger partial charge in [-0.15, -0.1) is 0 Å². The summed E-state index contributed by atoms with van der Waals surface area (Å²) in [5.74, 6) is 0. The van der Waals surface area contributed by atoms with Crippen LogP contribution in [-0.4, -0.2) is 145 Å². The predicted molar refractivity (Wildman–Crippen MR) is 566 cm³/mol. The number of hydrogen-bond acceptors (Lipinski definition) is 24. The molecule has 0 saturated heterocycles. The van der Waals surface area contributed by atoms with Crippen LogP contribution < -0.4 is 0 Å². The fourth-order valence-corrected chi connectivity index (χ4v) is 11.9. The number of quaternary nitrogens is 6. The number of benzene rings is 6. The third-order valence-corrected chi connectivity index (χ3v) is 20.2. The molecule has 0 bridgehead atoms. The molecular formula is C78H142Mo7N6S24-2. The molecule has 0 fully saturated rings. The Labute approximate surface area is 886 Å². The van der Waals surface area contributed by atoms with Gasteiger partial charge in [0, 0.05) is 33.4 Å². The van der Waals surface area contributed by atoms with Crippen LogP contribution >= 0.6 is 137 Å². The third-order valence-electron chi connectivity index (χ3n) is 20.2. The molecule has 0 unspecified atom stereocenters. The summed E-state index contributed by atoms with van der Waals surface area (Å²) < 4.78 is 7.19. The Morgan fingerprint density at radius 2 is 0.235 bits per heavy atom. The summed E-state index contributed by atoms with van der Waals surface area (Å²) in [4.78, 5) is 0. The van der Waals surface area contributed by atoms with Crippen molar-refractivity contribution in [2.24, 2.45) is 0 Å². The summed E-state index contributed by atoms with van der Waals surface area (Å²) in [5, 5.41) is 0. The minimum atomic E-state index is -0.363. The summed E-state index contributed by atoms with van der Waals surface area (Å²) in [5.41, 5.74) is 8.74. The van der Waals surface area contributed by atoms with Crippen LogP contribution in [0.1, 0.15) is 158 Å².